The molecule has 0 radical (unpaired) electrons. The molecule has 0 aromatic heterocycles. The van der Waals surface area contributed by atoms with Crippen molar-refractivity contribution < 1.29 is 0 Å². The average molecular weight is 241 g/mol. The lowest BCUT2D eigenvalue weighted by atomic mass is 9.45. The van der Waals surface area contributed by atoms with Gasteiger partial charge in [-0.3, -0.25) is 4.99 Å². The Labute approximate surface area is 110 Å². The normalized spacial score (nSPS) is 37.5. The van der Waals surface area contributed by atoms with Crippen LogP contribution in [0, 0.1) is 23.2 Å². The summed E-state index contributed by atoms with van der Waals surface area (Å²) in [5.41, 5.74) is 1.79. The minimum atomic E-state index is 0.544. The summed E-state index contributed by atoms with van der Waals surface area (Å²) < 4.78 is 0. The van der Waals surface area contributed by atoms with Crippen LogP contribution in [-0.2, 0) is 0 Å². The molecule has 0 aliphatic heterocycles. The second-order valence-electron chi connectivity index (χ2n) is 6.71. The summed E-state index contributed by atoms with van der Waals surface area (Å²) in [6, 6.07) is 11.0. The molecular formula is C17H23N. The van der Waals surface area contributed by atoms with Crippen LogP contribution in [-0.4, -0.2) is 12.3 Å². The van der Waals surface area contributed by atoms with Gasteiger partial charge in [0.25, 0.3) is 0 Å². The van der Waals surface area contributed by atoms with Crippen LogP contribution in [0.3, 0.4) is 0 Å². The highest BCUT2D eigenvalue weighted by Crippen LogP contribution is 2.61. The van der Waals surface area contributed by atoms with Crippen LogP contribution in [0.25, 0.3) is 0 Å². The van der Waals surface area contributed by atoms with Gasteiger partial charge in [-0.25, -0.2) is 0 Å². The molecule has 0 N–H and O–H groups in total. The molecule has 2 bridgehead atoms. The van der Waals surface area contributed by atoms with Gasteiger partial charge in [0.05, 0.1) is 6.04 Å². The molecule has 3 saturated carbocycles. The first-order chi connectivity index (χ1) is 8.59. The zero-order valence-corrected chi connectivity index (χ0v) is 11.6. The Kier molecular flexibility index (Phi) is 2.80. The molecule has 4 atom stereocenters. The Morgan fingerprint density at radius 3 is 2.50 bits per heavy atom. The standard InChI is InChI=1S/C17H23N/c1-12-15-9-14(17(15,2)3)10-16(12)18-11-13-7-5-4-6-8-13/h4-8,11-12,14-16H,9-10H2,1-3H3/b18-11+/t12-,14+,15-,16-/m1/s1. The van der Waals surface area contributed by atoms with Crippen molar-refractivity contribution in [3.8, 4) is 0 Å². The van der Waals surface area contributed by atoms with Crippen molar-refractivity contribution in [1.29, 1.82) is 0 Å². The first-order valence-electron chi connectivity index (χ1n) is 7.17. The molecule has 0 saturated heterocycles. The number of rotatable bonds is 2. The molecule has 3 aliphatic carbocycles. The number of aliphatic imine (C=N–C) groups is 1. The van der Waals surface area contributed by atoms with E-state index in [1.54, 1.807) is 0 Å². The molecule has 1 aromatic rings. The zero-order chi connectivity index (χ0) is 12.8. The van der Waals surface area contributed by atoms with Gasteiger partial charge in [-0.1, -0.05) is 51.1 Å². The quantitative estimate of drug-likeness (QED) is 0.689. The van der Waals surface area contributed by atoms with Gasteiger partial charge < -0.3 is 0 Å². The van der Waals surface area contributed by atoms with Crippen LogP contribution in [0.4, 0.5) is 0 Å². The third kappa shape index (κ3) is 1.81. The van der Waals surface area contributed by atoms with Gasteiger partial charge in [-0.05, 0) is 41.6 Å². The molecule has 0 spiro atoms. The van der Waals surface area contributed by atoms with E-state index >= 15 is 0 Å². The van der Waals surface area contributed by atoms with E-state index in [4.69, 9.17) is 4.99 Å². The van der Waals surface area contributed by atoms with Crippen LogP contribution in [0.5, 0.6) is 0 Å². The monoisotopic (exact) mass is 241 g/mol. The SMILES string of the molecule is C[C@@H]1[C@H]2C[C@@H](C[C@H]1/N=C/c1ccccc1)C2(C)C. The number of nitrogens with zero attached hydrogens (tertiary/aromatic N) is 1. The molecule has 0 heterocycles. The van der Waals surface area contributed by atoms with Crippen molar-refractivity contribution in [1.82, 2.24) is 0 Å². The van der Waals surface area contributed by atoms with Crippen LogP contribution in [0.2, 0.25) is 0 Å². The summed E-state index contributed by atoms with van der Waals surface area (Å²) in [4.78, 5) is 4.86. The summed E-state index contributed by atoms with van der Waals surface area (Å²) in [5, 5.41) is 0. The van der Waals surface area contributed by atoms with Crippen LogP contribution in [0.1, 0.15) is 39.2 Å². The fourth-order valence-electron chi connectivity index (χ4n) is 4.04. The summed E-state index contributed by atoms with van der Waals surface area (Å²) >= 11 is 0. The first kappa shape index (κ1) is 12.0. The van der Waals surface area contributed by atoms with E-state index in [-0.39, 0.29) is 0 Å². The number of hydrogen-bond acceptors (Lipinski definition) is 1. The summed E-state index contributed by atoms with van der Waals surface area (Å²) in [7, 11) is 0. The van der Waals surface area contributed by atoms with Crippen molar-refractivity contribution in [3.05, 3.63) is 35.9 Å². The smallest absolute Gasteiger partial charge is 0.0531 e. The predicted molar refractivity (Wildman–Crippen MR) is 77.0 cm³/mol. The van der Waals surface area contributed by atoms with Crippen molar-refractivity contribution >= 4 is 6.21 Å². The maximum Gasteiger partial charge on any atom is 0.0531 e. The highest BCUT2D eigenvalue weighted by molar-refractivity contribution is 5.79. The molecule has 0 unspecified atom stereocenters. The number of benzene rings is 1. The molecule has 0 amide bonds. The molecule has 1 aromatic carbocycles. The van der Waals surface area contributed by atoms with Gasteiger partial charge in [-0.2, -0.15) is 0 Å². The molecule has 1 heteroatoms. The second kappa shape index (κ2) is 4.22. The van der Waals surface area contributed by atoms with E-state index in [2.05, 4.69) is 57.3 Å². The van der Waals surface area contributed by atoms with Gasteiger partial charge in [0, 0.05) is 6.21 Å². The summed E-state index contributed by atoms with van der Waals surface area (Å²) in [5.74, 6) is 2.52. The minimum absolute atomic E-state index is 0.544. The Bertz CT molecular complexity index is 446. The fourth-order valence-corrected chi connectivity index (χ4v) is 4.04. The van der Waals surface area contributed by atoms with Gasteiger partial charge in [0.15, 0.2) is 0 Å². The lowest BCUT2D eigenvalue weighted by Crippen LogP contribution is -2.56. The van der Waals surface area contributed by atoms with Crippen LogP contribution in [0.15, 0.2) is 35.3 Å². The molecule has 3 fully saturated rings. The lowest BCUT2D eigenvalue weighted by molar-refractivity contribution is -0.108. The summed E-state index contributed by atoms with van der Waals surface area (Å²) in [6.45, 7) is 7.29. The largest absolute Gasteiger partial charge is 0.289 e. The van der Waals surface area contributed by atoms with Gasteiger partial charge in [0.1, 0.15) is 0 Å². The lowest BCUT2D eigenvalue weighted by Gasteiger charge is -2.61. The van der Waals surface area contributed by atoms with Crippen molar-refractivity contribution in [2.24, 2.45) is 28.2 Å². The number of hydrogen-bond donors (Lipinski definition) is 0. The van der Waals surface area contributed by atoms with E-state index in [1.165, 1.54) is 18.4 Å². The Morgan fingerprint density at radius 1 is 1.17 bits per heavy atom. The fraction of sp³-hybridized carbons (Fsp3) is 0.588. The number of fused-ring (bicyclic) bond motifs is 2. The maximum atomic E-state index is 4.86. The molecule has 3 aliphatic rings. The third-order valence-corrected chi connectivity index (χ3v) is 5.53. The second-order valence-corrected chi connectivity index (χ2v) is 6.71. The Hall–Kier alpha value is -1.11. The minimum Gasteiger partial charge on any atom is -0.289 e. The van der Waals surface area contributed by atoms with Crippen molar-refractivity contribution in [2.75, 3.05) is 0 Å². The molecule has 4 rings (SSSR count). The van der Waals surface area contributed by atoms with E-state index in [0.717, 1.165) is 17.8 Å². The van der Waals surface area contributed by atoms with E-state index < -0.39 is 0 Å². The molecule has 1 nitrogen and oxygen atoms in total. The van der Waals surface area contributed by atoms with Gasteiger partial charge in [-0.15, -0.1) is 0 Å². The van der Waals surface area contributed by atoms with E-state index in [0.29, 0.717) is 11.5 Å². The highest BCUT2D eigenvalue weighted by atomic mass is 14.8. The summed E-state index contributed by atoms with van der Waals surface area (Å²) in [6.07, 6.45) is 4.79. The van der Waals surface area contributed by atoms with Crippen molar-refractivity contribution in [3.63, 3.8) is 0 Å². The highest BCUT2D eigenvalue weighted by Gasteiger charge is 2.56. The maximum absolute atomic E-state index is 4.86. The molecule has 18 heavy (non-hydrogen) atoms. The van der Waals surface area contributed by atoms with Gasteiger partial charge in [0.2, 0.25) is 0 Å². The van der Waals surface area contributed by atoms with E-state index in [1.807, 2.05) is 0 Å². The first-order valence-corrected chi connectivity index (χ1v) is 7.17. The Morgan fingerprint density at radius 2 is 1.89 bits per heavy atom. The average Bonchev–Trinajstić information content (AvgIpc) is 2.38. The predicted octanol–water partition coefficient (Wildman–Crippen LogP) is 4.18. The van der Waals surface area contributed by atoms with E-state index in [9.17, 15) is 0 Å². The van der Waals surface area contributed by atoms with Crippen molar-refractivity contribution in [2.45, 2.75) is 39.7 Å². The molecule has 96 valence electrons. The Balaban J connectivity index is 1.71. The third-order valence-electron chi connectivity index (χ3n) is 5.53. The van der Waals surface area contributed by atoms with Crippen LogP contribution >= 0.6 is 0 Å². The zero-order valence-electron chi connectivity index (χ0n) is 11.6. The molecular weight excluding hydrogens is 218 g/mol. The van der Waals surface area contributed by atoms with Crippen LogP contribution < -0.4 is 0 Å². The topological polar surface area (TPSA) is 12.4 Å². The van der Waals surface area contributed by atoms with Gasteiger partial charge >= 0.3 is 0 Å².